The minimum Gasteiger partial charge on any atom is -0.466 e. The van der Waals surface area contributed by atoms with Crippen LogP contribution in [0, 0.1) is 5.92 Å². The van der Waals surface area contributed by atoms with Gasteiger partial charge in [0.25, 0.3) is 0 Å². The summed E-state index contributed by atoms with van der Waals surface area (Å²) >= 11 is 16.6. The summed E-state index contributed by atoms with van der Waals surface area (Å²) in [4.78, 5) is 36.5. The van der Waals surface area contributed by atoms with E-state index >= 15 is 0 Å². The topological polar surface area (TPSA) is 72.9 Å². The Hall–Kier alpha value is -1.24. The Morgan fingerprint density at radius 3 is 2.74 bits per heavy atom. The van der Waals surface area contributed by atoms with Gasteiger partial charge in [-0.3, -0.25) is 4.79 Å². The molecule has 0 aromatic carbocycles. The highest BCUT2D eigenvalue weighted by Crippen LogP contribution is 2.40. The van der Waals surface area contributed by atoms with Crippen LogP contribution in [0.25, 0.3) is 0 Å². The van der Waals surface area contributed by atoms with Crippen molar-refractivity contribution in [3.63, 3.8) is 0 Å². The number of β-lactam (4-membered cyclic amide) rings is 1. The van der Waals surface area contributed by atoms with Gasteiger partial charge in [-0.15, -0.1) is 0 Å². The van der Waals surface area contributed by atoms with Gasteiger partial charge in [0.05, 0.1) is 19.1 Å². The van der Waals surface area contributed by atoms with Crippen LogP contribution in [-0.2, 0) is 23.9 Å². The van der Waals surface area contributed by atoms with Gasteiger partial charge < -0.3 is 14.4 Å². The zero-order chi connectivity index (χ0) is 17.2. The fraction of sp³-hybridized carbons (Fsp3) is 0.500. The highest BCUT2D eigenvalue weighted by Gasteiger charge is 2.52. The summed E-state index contributed by atoms with van der Waals surface area (Å²) in [6.07, 6.45) is 5.44. The average molecular weight is 383 g/mol. The largest absolute Gasteiger partial charge is 0.466 e. The molecule has 1 fully saturated rings. The number of methoxy groups -OCH3 is 1. The summed E-state index contributed by atoms with van der Waals surface area (Å²) in [6, 6.07) is -0.111. The van der Waals surface area contributed by atoms with Crippen LogP contribution in [0.2, 0.25) is 0 Å². The SMILES string of the molecule is COC(=O)C=CCC1C(=O)N2C(C(=O)OCC(Cl)(Cl)Cl)=CCC12. The number of fused-ring (bicyclic) bond motifs is 1. The monoisotopic (exact) mass is 381 g/mol. The van der Waals surface area contributed by atoms with E-state index in [4.69, 9.17) is 39.5 Å². The van der Waals surface area contributed by atoms with Crippen LogP contribution in [0.1, 0.15) is 12.8 Å². The first-order chi connectivity index (χ1) is 10.7. The van der Waals surface area contributed by atoms with E-state index in [0.29, 0.717) is 12.8 Å². The first-order valence-electron chi connectivity index (χ1n) is 6.76. The number of nitrogens with zero attached hydrogens (tertiary/aromatic N) is 1. The standard InChI is InChI=1S/C14H14Cl3NO5/c1-22-11(19)4-2-3-8-9-5-6-10(18(9)12(8)20)13(21)23-7-14(15,16)17/h2,4,6,8-9H,3,5,7H2,1H3. The molecule has 0 aromatic rings. The van der Waals surface area contributed by atoms with Crippen molar-refractivity contribution < 1.29 is 23.9 Å². The maximum atomic E-state index is 12.2. The Balaban J connectivity index is 1.89. The van der Waals surface area contributed by atoms with Crippen molar-refractivity contribution in [2.75, 3.05) is 13.7 Å². The molecule has 0 spiro atoms. The Kier molecular flexibility index (Phi) is 5.60. The van der Waals surface area contributed by atoms with Gasteiger partial charge in [-0.05, 0) is 12.8 Å². The number of esters is 2. The highest BCUT2D eigenvalue weighted by molar-refractivity contribution is 6.67. The molecule has 2 aliphatic rings. The molecule has 2 heterocycles. The molecule has 1 amide bonds. The molecule has 0 aliphatic carbocycles. The fourth-order valence-electron chi connectivity index (χ4n) is 2.54. The third-order valence-corrected chi connectivity index (χ3v) is 3.91. The summed E-state index contributed by atoms with van der Waals surface area (Å²) in [6.45, 7) is -0.397. The third kappa shape index (κ3) is 4.19. The van der Waals surface area contributed by atoms with Gasteiger partial charge in [0.1, 0.15) is 12.3 Å². The molecule has 9 heteroatoms. The lowest BCUT2D eigenvalue weighted by Gasteiger charge is -2.43. The lowest BCUT2D eigenvalue weighted by molar-refractivity contribution is -0.156. The van der Waals surface area contributed by atoms with E-state index in [1.165, 1.54) is 18.1 Å². The molecule has 2 atom stereocenters. The van der Waals surface area contributed by atoms with Gasteiger partial charge in [0.15, 0.2) is 0 Å². The molecule has 6 nitrogen and oxygen atoms in total. The van der Waals surface area contributed by atoms with Gasteiger partial charge in [0.2, 0.25) is 9.70 Å². The maximum Gasteiger partial charge on any atom is 0.354 e. The molecule has 0 bridgehead atoms. The van der Waals surface area contributed by atoms with Gasteiger partial charge >= 0.3 is 11.9 Å². The van der Waals surface area contributed by atoms with E-state index in [-0.39, 0.29) is 23.6 Å². The number of carbonyl (C=O) groups excluding carboxylic acids is 3. The molecule has 2 aliphatic heterocycles. The number of halogens is 3. The molecule has 0 aromatic heterocycles. The van der Waals surface area contributed by atoms with Crippen LogP contribution < -0.4 is 0 Å². The number of hydrogen-bond acceptors (Lipinski definition) is 5. The van der Waals surface area contributed by atoms with Crippen LogP contribution in [-0.4, -0.2) is 46.3 Å². The smallest absolute Gasteiger partial charge is 0.354 e. The Morgan fingerprint density at radius 1 is 1.43 bits per heavy atom. The predicted octanol–water partition coefficient (Wildman–Crippen LogP) is 2.13. The van der Waals surface area contributed by atoms with E-state index in [2.05, 4.69) is 4.74 Å². The number of carbonyl (C=O) groups is 3. The summed E-state index contributed by atoms with van der Waals surface area (Å²) in [5, 5.41) is 0. The maximum absolute atomic E-state index is 12.2. The van der Waals surface area contributed by atoms with Crippen molar-refractivity contribution in [2.45, 2.75) is 22.7 Å². The number of rotatable bonds is 5. The van der Waals surface area contributed by atoms with Crippen molar-refractivity contribution >= 4 is 52.6 Å². The second-order valence-electron chi connectivity index (χ2n) is 5.06. The van der Waals surface area contributed by atoms with Gasteiger partial charge in [0, 0.05) is 6.08 Å². The second-order valence-corrected chi connectivity index (χ2v) is 7.58. The molecule has 23 heavy (non-hydrogen) atoms. The number of alkyl halides is 3. The van der Waals surface area contributed by atoms with E-state index in [1.807, 2.05) is 0 Å². The number of ether oxygens (including phenoxy) is 2. The summed E-state index contributed by atoms with van der Waals surface area (Å²) in [5.74, 6) is -1.64. The van der Waals surface area contributed by atoms with Gasteiger partial charge in [-0.1, -0.05) is 47.0 Å². The fourth-order valence-corrected chi connectivity index (χ4v) is 2.71. The molecular formula is C14H14Cl3NO5. The molecule has 0 N–H and O–H groups in total. The van der Waals surface area contributed by atoms with Gasteiger partial charge in [-0.2, -0.15) is 0 Å². The van der Waals surface area contributed by atoms with Crippen molar-refractivity contribution in [3.8, 4) is 0 Å². The lowest BCUT2D eigenvalue weighted by atomic mass is 9.85. The van der Waals surface area contributed by atoms with Gasteiger partial charge in [-0.25, -0.2) is 9.59 Å². The van der Waals surface area contributed by atoms with Crippen molar-refractivity contribution in [3.05, 3.63) is 23.9 Å². The molecule has 2 rings (SSSR count). The Bertz CT molecular complexity index is 581. The Labute approximate surface area is 147 Å². The first kappa shape index (κ1) is 18.1. The number of allylic oxidation sites excluding steroid dienone is 1. The molecule has 0 radical (unpaired) electrons. The van der Waals surface area contributed by atoms with Crippen LogP contribution in [0.3, 0.4) is 0 Å². The third-order valence-electron chi connectivity index (χ3n) is 3.58. The van der Waals surface area contributed by atoms with Crippen LogP contribution in [0.4, 0.5) is 0 Å². The molecule has 2 unspecified atom stereocenters. The van der Waals surface area contributed by atoms with Crippen LogP contribution >= 0.6 is 34.8 Å². The van der Waals surface area contributed by atoms with Crippen molar-refractivity contribution in [2.24, 2.45) is 5.92 Å². The number of hydrogen-bond donors (Lipinski definition) is 0. The van der Waals surface area contributed by atoms with E-state index in [1.54, 1.807) is 12.2 Å². The quantitative estimate of drug-likeness (QED) is 0.315. The van der Waals surface area contributed by atoms with Crippen LogP contribution in [0.15, 0.2) is 23.9 Å². The minimum absolute atomic E-state index is 0.111. The summed E-state index contributed by atoms with van der Waals surface area (Å²) < 4.78 is 7.66. The normalized spacial score (nSPS) is 23.4. The molecule has 0 saturated carbocycles. The zero-order valence-electron chi connectivity index (χ0n) is 12.1. The van der Waals surface area contributed by atoms with E-state index in [0.717, 1.165) is 0 Å². The zero-order valence-corrected chi connectivity index (χ0v) is 14.4. The first-order valence-corrected chi connectivity index (χ1v) is 7.89. The summed E-state index contributed by atoms with van der Waals surface area (Å²) in [7, 11) is 1.28. The van der Waals surface area contributed by atoms with Crippen LogP contribution in [0.5, 0.6) is 0 Å². The van der Waals surface area contributed by atoms with E-state index in [9.17, 15) is 14.4 Å². The second kappa shape index (κ2) is 7.11. The molecule has 126 valence electrons. The minimum atomic E-state index is -1.70. The highest BCUT2D eigenvalue weighted by atomic mass is 35.6. The number of amides is 1. The molecular weight excluding hydrogens is 369 g/mol. The molecule has 1 saturated heterocycles. The average Bonchev–Trinajstić information content (AvgIpc) is 2.88. The predicted molar refractivity (Wildman–Crippen MR) is 83.8 cm³/mol. The van der Waals surface area contributed by atoms with E-state index < -0.39 is 22.3 Å². The summed E-state index contributed by atoms with van der Waals surface area (Å²) in [5.41, 5.74) is 0.169. The lowest BCUT2D eigenvalue weighted by Crippen LogP contribution is -2.58. The van der Waals surface area contributed by atoms with Crippen molar-refractivity contribution in [1.29, 1.82) is 0 Å². The Morgan fingerprint density at radius 2 is 2.13 bits per heavy atom. The van der Waals surface area contributed by atoms with Crippen molar-refractivity contribution in [1.82, 2.24) is 4.90 Å².